The Hall–Kier alpha value is -0.880. The molecule has 2 fully saturated rings. The van der Waals surface area contributed by atoms with Gasteiger partial charge in [-0.1, -0.05) is 0 Å². The van der Waals surface area contributed by atoms with Crippen LogP contribution in [0.2, 0.25) is 0 Å². The molecule has 0 aromatic rings. The minimum Gasteiger partial charge on any atom is -0.360 e. The molecule has 0 aromatic carbocycles. The predicted molar refractivity (Wildman–Crippen MR) is 33.7 cm³/mol. The lowest BCUT2D eigenvalue weighted by molar-refractivity contribution is 0.148. The summed E-state index contributed by atoms with van der Waals surface area (Å²) in [7, 11) is 0. The molecular formula is C5H7N5O. The Morgan fingerprint density at radius 3 is 2.73 bits per heavy atom. The fraction of sp³-hybridized carbons (Fsp3) is 1.00. The van der Waals surface area contributed by atoms with E-state index in [9.17, 15) is 0 Å². The summed E-state index contributed by atoms with van der Waals surface area (Å²) in [6.07, 6.45) is 0.149. The van der Waals surface area contributed by atoms with Crippen molar-refractivity contribution in [3.05, 3.63) is 0 Å². The molecule has 3 rings (SSSR count). The van der Waals surface area contributed by atoms with Crippen LogP contribution in [0.5, 0.6) is 0 Å². The molecular weight excluding hydrogens is 146 g/mol. The van der Waals surface area contributed by atoms with Gasteiger partial charge in [0.1, 0.15) is 6.23 Å². The molecule has 6 heteroatoms. The van der Waals surface area contributed by atoms with Gasteiger partial charge in [0.15, 0.2) is 0 Å². The van der Waals surface area contributed by atoms with E-state index >= 15 is 0 Å². The molecule has 3 atom stereocenters. The number of hydrogen-bond donors (Lipinski definition) is 0. The average molecular weight is 153 g/mol. The molecule has 3 heterocycles. The Labute approximate surface area is 62.9 Å². The summed E-state index contributed by atoms with van der Waals surface area (Å²) in [5.74, 6) is 0. The second-order valence-electron chi connectivity index (χ2n) is 2.81. The topological polar surface area (TPSA) is 61.7 Å². The molecule has 11 heavy (non-hydrogen) atoms. The summed E-state index contributed by atoms with van der Waals surface area (Å²) < 4.78 is 5.37. The van der Waals surface area contributed by atoms with Crippen molar-refractivity contribution in [3.8, 4) is 0 Å². The third-order valence-electron chi connectivity index (χ3n) is 2.24. The van der Waals surface area contributed by atoms with E-state index in [1.54, 1.807) is 0 Å². The summed E-state index contributed by atoms with van der Waals surface area (Å²) >= 11 is 0. The van der Waals surface area contributed by atoms with Crippen LogP contribution in [0.1, 0.15) is 0 Å². The second-order valence-corrected chi connectivity index (χ2v) is 2.81. The van der Waals surface area contributed by atoms with E-state index in [0.717, 1.165) is 13.2 Å². The van der Waals surface area contributed by atoms with Gasteiger partial charge in [0, 0.05) is 6.54 Å². The monoisotopic (exact) mass is 153 g/mol. The maximum Gasteiger partial charge on any atom is 0.204 e. The largest absolute Gasteiger partial charge is 0.360 e. The molecule has 0 aliphatic carbocycles. The molecule has 3 aliphatic heterocycles. The highest BCUT2D eigenvalue weighted by Gasteiger charge is 2.57. The van der Waals surface area contributed by atoms with E-state index in [4.69, 9.17) is 4.74 Å². The van der Waals surface area contributed by atoms with Crippen LogP contribution < -0.4 is 0 Å². The quantitative estimate of drug-likeness (QED) is 0.504. The third kappa shape index (κ3) is 0.678. The van der Waals surface area contributed by atoms with Crippen LogP contribution in [0.25, 0.3) is 0 Å². The van der Waals surface area contributed by atoms with E-state index in [1.165, 1.54) is 0 Å². The summed E-state index contributed by atoms with van der Waals surface area (Å²) in [5.41, 5.74) is 0. The molecule has 58 valence electrons. The smallest absolute Gasteiger partial charge is 0.204 e. The van der Waals surface area contributed by atoms with Gasteiger partial charge in [-0.2, -0.15) is 0 Å². The highest BCUT2D eigenvalue weighted by Crippen LogP contribution is 2.38. The molecule has 0 amide bonds. The first kappa shape index (κ1) is 5.73. The van der Waals surface area contributed by atoms with Crippen LogP contribution in [0.15, 0.2) is 20.7 Å². The molecule has 0 saturated carbocycles. The summed E-state index contributed by atoms with van der Waals surface area (Å²) in [5, 5.41) is 14.6. The van der Waals surface area contributed by atoms with Gasteiger partial charge in [0.25, 0.3) is 0 Å². The van der Waals surface area contributed by atoms with E-state index in [0.29, 0.717) is 6.04 Å². The van der Waals surface area contributed by atoms with E-state index in [2.05, 4.69) is 25.6 Å². The van der Waals surface area contributed by atoms with Crippen molar-refractivity contribution in [3.63, 3.8) is 0 Å². The van der Waals surface area contributed by atoms with Gasteiger partial charge in [-0.25, -0.2) is 0 Å². The average Bonchev–Trinajstić information content (AvgIpc) is 2.57. The molecule has 0 spiro atoms. The third-order valence-corrected chi connectivity index (χ3v) is 2.24. The number of fused-ring (bicyclic) bond motifs is 1. The lowest BCUT2D eigenvalue weighted by atomic mass is 10.3. The first-order valence-corrected chi connectivity index (χ1v) is 3.64. The summed E-state index contributed by atoms with van der Waals surface area (Å²) in [6, 6.07) is 0.318. The van der Waals surface area contributed by atoms with Crippen molar-refractivity contribution in [2.24, 2.45) is 20.7 Å². The standard InChI is InChI=1S/C5H7N5O/c1-2-11-5-3(10(1)5)4-6-8-9-7-4/h3-5H,1-2H2. The summed E-state index contributed by atoms with van der Waals surface area (Å²) in [4.78, 5) is 2.22. The lowest BCUT2D eigenvalue weighted by Gasteiger charge is -2.01. The molecule has 0 aromatic heterocycles. The van der Waals surface area contributed by atoms with Gasteiger partial charge >= 0.3 is 0 Å². The molecule has 0 N–H and O–H groups in total. The Kier molecular flexibility index (Phi) is 0.954. The van der Waals surface area contributed by atoms with Gasteiger partial charge in [-0.05, 0) is 10.4 Å². The van der Waals surface area contributed by atoms with Crippen molar-refractivity contribution >= 4 is 0 Å². The molecule has 2 saturated heterocycles. The second kappa shape index (κ2) is 1.83. The first-order chi connectivity index (χ1) is 5.47. The molecule has 0 bridgehead atoms. The Morgan fingerprint density at radius 2 is 2.09 bits per heavy atom. The number of nitrogens with zero attached hydrogens (tertiary/aromatic N) is 5. The minimum absolute atomic E-state index is 0.0969. The van der Waals surface area contributed by atoms with Gasteiger partial charge < -0.3 is 4.74 Å². The number of rotatable bonds is 1. The first-order valence-electron chi connectivity index (χ1n) is 3.64. The normalized spacial score (nSPS) is 46.7. The van der Waals surface area contributed by atoms with Gasteiger partial charge in [0.2, 0.25) is 6.17 Å². The van der Waals surface area contributed by atoms with Crippen LogP contribution >= 0.6 is 0 Å². The van der Waals surface area contributed by atoms with E-state index < -0.39 is 0 Å². The molecule has 3 aliphatic rings. The summed E-state index contributed by atoms with van der Waals surface area (Å²) in [6.45, 7) is 1.83. The molecule has 3 unspecified atom stereocenters. The van der Waals surface area contributed by atoms with Crippen LogP contribution in [0.4, 0.5) is 0 Å². The molecule has 0 radical (unpaired) electrons. The highest BCUT2D eigenvalue weighted by atomic mass is 16.5. The van der Waals surface area contributed by atoms with E-state index in [-0.39, 0.29) is 12.4 Å². The van der Waals surface area contributed by atoms with Gasteiger partial charge in [-0.15, -0.1) is 10.2 Å². The van der Waals surface area contributed by atoms with Crippen LogP contribution in [-0.4, -0.2) is 36.5 Å². The van der Waals surface area contributed by atoms with Crippen molar-refractivity contribution in [2.75, 3.05) is 13.2 Å². The number of ether oxygens (including phenoxy) is 1. The Balaban J connectivity index is 1.74. The van der Waals surface area contributed by atoms with Crippen LogP contribution in [0.3, 0.4) is 0 Å². The highest BCUT2D eigenvalue weighted by molar-refractivity contribution is 5.05. The fourth-order valence-electron chi connectivity index (χ4n) is 1.65. The number of morpholine rings is 1. The predicted octanol–water partition coefficient (Wildman–Crippen LogP) is 0.186. The van der Waals surface area contributed by atoms with Crippen LogP contribution in [0, 0.1) is 0 Å². The van der Waals surface area contributed by atoms with Crippen molar-refractivity contribution in [1.29, 1.82) is 0 Å². The van der Waals surface area contributed by atoms with Crippen molar-refractivity contribution in [1.82, 2.24) is 4.90 Å². The van der Waals surface area contributed by atoms with Crippen molar-refractivity contribution < 1.29 is 4.74 Å². The van der Waals surface area contributed by atoms with E-state index in [1.807, 2.05) is 0 Å². The fourth-order valence-corrected chi connectivity index (χ4v) is 1.65. The van der Waals surface area contributed by atoms with Gasteiger partial charge in [0.05, 0.1) is 12.6 Å². The zero-order chi connectivity index (χ0) is 7.26. The zero-order valence-corrected chi connectivity index (χ0v) is 5.79. The SMILES string of the molecule is C1CN2C(O1)C2C1N=NN=N1. The number of hydrogen-bond acceptors (Lipinski definition) is 6. The molecule has 6 nitrogen and oxygen atoms in total. The van der Waals surface area contributed by atoms with Crippen LogP contribution in [-0.2, 0) is 4.74 Å². The maximum absolute atomic E-state index is 5.37. The Bertz CT molecular complexity index is 217. The lowest BCUT2D eigenvalue weighted by Crippen LogP contribution is -2.18. The zero-order valence-electron chi connectivity index (χ0n) is 5.79. The van der Waals surface area contributed by atoms with Gasteiger partial charge in [-0.3, -0.25) is 4.90 Å². The maximum atomic E-state index is 5.37. The Morgan fingerprint density at radius 1 is 1.27 bits per heavy atom. The minimum atomic E-state index is -0.0969. The van der Waals surface area contributed by atoms with Crippen molar-refractivity contribution in [2.45, 2.75) is 18.4 Å².